The lowest BCUT2D eigenvalue weighted by Crippen LogP contribution is -2.32. The maximum atomic E-state index is 10.1. The first-order valence-electron chi connectivity index (χ1n) is 8.30. The van der Waals surface area contributed by atoms with E-state index in [4.69, 9.17) is 4.74 Å². The maximum Gasteiger partial charge on any atom is 0.110 e. The van der Waals surface area contributed by atoms with E-state index in [0.29, 0.717) is 6.10 Å². The fourth-order valence-electron chi connectivity index (χ4n) is 2.64. The first kappa shape index (κ1) is 17.0. The summed E-state index contributed by atoms with van der Waals surface area (Å²) in [5.74, 6) is 0. The molecule has 1 saturated heterocycles. The van der Waals surface area contributed by atoms with Gasteiger partial charge < -0.3 is 9.84 Å². The summed E-state index contributed by atoms with van der Waals surface area (Å²) in [6.07, 6.45) is 12.1. The van der Waals surface area contributed by atoms with Crippen molar-refractivity contribution >= 4 is 0 Å². The molecular formula is C17H34O2. The van der Waals surface area contributed by atoms with Crippen LogP contribution in [0.3, 0.4) is 0 Å². The summed E-state index contributed by atoms with van der Waals surface area (Å²) in [5, 5.41) is 10.1. The standard InChI is InChI=1S/C17H34O2/c1-5-6-7-8-9-10-11-12-13-14-15(19-14)16(18)17(2,3)4/h14-16,18H,5-13H2,1-4H3. The Morgan fingerprint density at radius 1 is 0.947 bits per heavy atom. The minimum absolute atomic E-state index is 0.0569. The van der Waals surface area contributed by atoms with Crippen LogP contribution in [0.4, 0.5) is 0 Å². The fourth-order valence-corrected chi connectivity index (χ4v) is 2.64. The lowest BCUT2D eigenvalue weighted by molar-refractivity contribution is 0.0378. The third kappa shape index (κ3) is 6.76. The molecule has 0 aliphatic carbocycles. The van der Waals surface area contributed by atoms with Crippen molar-refractivity contribution in [3.05, 3.63) is 0 Å². The van der Waals surface area contributed by atoms with Crippen molar-refractivity contribution in [3.8, 4) is 0 Å². The average Bonchev–Trinajstić information content (AvgIpc) is 3.10. The lowest BCUT2D eigenvalue weighted by Gasteiger charge is -2.24. The molecule has 0 aromatic carbocycles. The van der Waals surface area contributed by atoms with Gasteiger partial charge in [-0.25, -0.2) is 0 Å². The number of epoxide rings is 1. The molecule has 0 amide bonds. The third-order valence-electron chi connectivity index (χ3n) is 4.16. The van der Waals surface area contributed by atoms with Gasteiger partial charge in [0.05, 0.1) is 12.2 Å². The highest BCUT2D eigenvalue weighted by molar-refractivity contribution is 4.95. The monoisotopic (exact) mass is 270 g/mol. The van der Waals surface area contributed by atoms with Crippen LogP contribution in [0.25, 0.3) is 0 Å². The average molecular weight is 270 g/mol. The Morgan fingerprint density at radius 2 is 1.47 bits per heavy atom. The van der Waals surface area contributed by atoms with Crippen LogP contribution >= 0.6 is 0 Å². The molecule has 1 N–H and O–H groups in total. The molecule has 1 fully saturated rings. The van der Waals surface area contributed by atoms with Crippen LogP contribution in [0.15, 0.2) is 0 Å². The number of ether oxygens (including phenoxy) is 1. The van der Waals surface area contributed by atoms with E-state index in [0.717, 1.165) is 6.42 Å². The van der Waals surface area contributed by atoms with E-state index in [-0.39, 0.29) is 17.6 Å². The van der Waals surface area contributed by atoms with Gasteiger partial charge in [-0.15, -0.1) is 0 Å². The molecule has 0 aromatic heterocycles. The molecule has 114 valence electrons. The molecule has 2 nitrogen and oxygen atoms in total. The molecule has 2 heteroatoms. The second-order valence-electron chi connectivity index (χ2n) is 7.21. The number of hydrogen-bond acceptors (Lipinski definition) is 2. The van der Waals surface area contributed by atoms with Gasteiger partial charge in [0, 0.05) is 0 Å². The van der Waals surface area contributed by atoms with Gasteiger partial charge in [0.25, 0.3) is 0 Å². The van der Waals surface area contributed by atoms with E-state index in [1.807, 2.05) is 0 Å². The Bertz CT molecular complexity index is 232. The summed E-state index contributed by atoms with van der Waals surface area (Å²) in [6.45, 7) is 8.49. The molecule has 1 heterocycles. The Morgan fingerprint density at radius 3 is 2.00 bits per heavy atom. The van der Waals surface area contributed by atoms with E-state index < -0.39 is 0 Å². The van der Waals surface area contributed by atoms with Crippen LogP contribution in [0.1, 0.15) is 85.5 Å². The Kier molecular flexibility index (Phi) is 7.38. The summed E-state index contributed by atoms with van der Waals surface area (Å²) in [4.78, 5) is 0. The molecule has 3 atom stereocenters. The molecule has 0 saturated carbocycles. The zero-order valence-corrected chi connectivity index (χ0v) is 13.5. The fraction of sp³-hybridized carbons (Fsp3) is 1.00. The highest BCUT2D eigenvalue weighted by Crippen LogP contribution is 2.37. The zero-order valence-electron chi connectivity index (χ0n) is 13.5. The summed E-state index contributed by atoms with van der Waals surface area (Å²) < 4.78 is 5.61. The summed E-state index contributed by atoms with van der Waals surface area (Å²) in [7, 11) is 0. The van der Waals surface area contributed by atoms with Gasteiger partial charge in [-0.1, -0.05) is 79.1 Å². The number of aliphatic hydroxyl groups excluding tert-OH is 1. The molecule has 1 rings (SSSR count). The van der Waals surface area contributed by atoms with E-state index in [1.165, 1.54) is 51.4 Å². The van der Waals surface area contributed by atoms with Crippen molar-refractivity contribution in [2.24, 2.45) is 5.41 Å². The third-order valence-corrected chi connectivity index (χ3v) is 4.16. The predicted octanol–water partition coefficient (Wildman–Crippen LogP) is 4.69. The minimum Gasteiger partial charge on any atom is -0.390 e. The number of hydrogen-bond donors (Lipinski definition) is 1. The van der Waals surface area contributed by atoms with Gasteiger partial charge in [-0.2, -0.15) is 0 Å². The summed E-state index contributed by atoms with van der Waals surface area (Å²) in [5.41, 5.74) is -0.0569. The van der Waals surface area contributed by atoms with Gasteiger partial charge in [0.1, 0.15) is 6.10 Å². The van der Waals surface area contributed by atoms with Crippen molar-refractivity contribution in [3.63, 3.8) is 0 Å². The molecule has 0 bridgehead atoms. The molecule has 3 unspecified atom stereocenters. The maximum absolute atomic E-state index is 10.1. The van der Waals surface area contributed by atoms with Crippen molar-refractivity contribution in [1.29, 1.82) is 0 Å². The number of aliphatic hydroxyl groups is 1. The molecule has 0 radical (unpaired) electrons. The van der Waals surface area contributed by atoms with Crippen molar-refractivity contribution < 1.29 is 9.84 Å². The normalized spacial score (nSPS) is 24.5. The summed E-state index contributed by atoms with van der Waals surface area (Å²) in [6, 6.07) is 0. The van der Waals surface area contributed by atoms with E-state index >= 15 is 0 Å². The second-order valence-corrected chi connectivity index (χ2v) is 7.21. The van der Waals surface area contributed by atoms with Crippen molar-refractivity contribution in [1.82, 2.24) is 0 Å². The topological polar surface area (TPSA) is 32.8 Å². The smallest absolute Gasteiger partial charge is 0.110 e. The quantitative estimate of drug-likeness (QED) is 0.461. The molecule has 1 aliphatic heterocycles. The SMILES string of the molecule is CCCCCCCCCCC1OC1C(O)C(C)(C)C. The van der Waals surface area contributed by atoms with Crippen LogP contribution in [-0.2, 0) is 4.74 Å². The van der Waals surface area contributed by atoms with E-state index in [2.05, 4.69) is 27.7 Å². The van der Waals surface area contributed by atoms with Crippen LogP contribution in [0.2, 0.25) is 0 Å². The molecule has 19 heavy (non-hydrogen) atoms. The zero-order chi connectivity index (χ0) is 14.3. The lowest BCUT2D eigenvalue weighted by atomic mass is 9.86. The predicted molar refractivity (Wildman–Crippen MR) is 81.3 cm³/mol. The highest BCUT2D eigenvalue weighted by atomic mass is 16.6. The van der Waals surface area contributed by atoms with Crippen LogP contribution in [0, 0.1) is 5.41 Å². The Hall–Kier alpha value is -0.0800. The molecule has 0 aromatic rings. The van der Waals surface area contributed by atoms with Crippen LogP contribution in [0.5, 0.6) is 0 Å². The minimum atomic E-state index is -0.313. The van der Waals surface area contributed by atoms with Crippen LogP contribution < -0.4 is 0 Å². The Balaban J connectivity index is 1.92. The van der Waals surface area contributed by atoms with Crippen molar-refractivity contribution in [2.45, 2.75) is 104 Å². The second kappa shape index (κ2) is 8.26. The largest absolute Gasteiger partial charge is 0.390 e. The highest BCUT2D eigenvalue weighted by Gasteiger charge is 2.47. The van der Waals surface area contributed by atoms with Gasteiger partial charge in [-0.05, 0) is 11.8 Å². The van der Waals surface area contributed by atoms with Gasteiger partial charge in [0.2, 0.25) is 0 Å². The molecule has 0 spiro atoms. The van der Waals surface area contributed by atoms with Crippen LogP contribution in [-0.4, -0.2) is 23.4 Å². The Labute approximate surface area is 119 Å². The summed E-state index contributed by atoms with van der Waals surface area (Å²) >= 11 is 0. The van der Waals surface area contributed by atoms with Crippen molar-refractivity contribution in [2.75, 3.05) is 0 Å². The van der Waals surface area contributed by atoms with E-state index in [9.17, 15) is 5.11 Å². The first-order valence-corrected chi connectivity index (χ1v) is 8.30. The van der Waals surface area contributed by atoms with E-state index in [1.54, 1.807) is 0 Å². The van der Waals surface area contributed by atoms with Gasteiger partial charge >= 0.3 is 0 Å². The number of unbranched alkanes of at least 4 members (excludes halogenated alkanes) is 7. The van der Waals surface area contributed by atoms with Gasteiger partial charge in [0.15, 0.2) is 0 Å². The molecular weight excluding hydrogens is 236 g/mol. The first-order chi connectivity index (χ1) is 8.96. The van der Waals surface area contributed by atoms with Gasteiger partial charge in [-0.3, -0.25) is 0 Å². The molecule has 1 aliphatic rings. The number of rotatable bonds is 10.